The highest BCUT2D eigenvalue weighted by Gasteiger charge is 2.09. The van der Waals surface area contributed by atoms with E-state index < -0.39 is 0 Å². The molecule has 0 bridgehead atoms. The van der Waals surface area contributed by atoms with Gasteiger partial charge in [-0.05, 0) is 17.2 Å². The normalized spacial score (nSPS) is 15.0. The van der Waals surface area contributed by atoms with Gasteiger partial charge in [-0.2, -0.15) is 10.2 Å². The summed E-state index contributed by atoms with van der Waals surface area (Å²) in [7, 11) is 0. The molecule has 0 aliphatic carbocycles. The predicted octanol–water partition coefficient (Wildman–Crippen LogP) is 1.53. The molecule has 3 rings (SSSR count). The number of rotatable bonds is 6. The summed E-state index contributed by atoms with van der Waals surface area (Å²) < 4.78 is 5.62. The minimum Gasteiger partial charge on any atom is -0.459 e. The van der Waals surface area contributed by atoms with Crippen LogP contribution in [0.2, 0.25) is 0 Å². The number of hydrogen-bond acceptors (Lipinski definition) is 6. The highest BCUT2D eigenvalue weighted by Crippen LogP contribution is 2.11. The first-order valence-electron chi connectivity index (χ1n) is 8.16. The molecular weight excluding hydrogens is 302 g/mol. The molecule has 0 amide bonds. The molecule has 6 heteroatoms. The monoisotopic (exact) mass is 323 g/mol. The molecule has 0 radical (unpaired) electrons. The van der Waals surface area contributed by atoms with Gasteiger partial charge in [-0.15, -0.1) is 0 Å². The molecule has 0 saturated carbocycles. The third-order valence-corrected chi connectivity index (χ3v) is 3.96. The average Bonchev–Trinajstić information content (AvgIpc) is 2.63. The second-order valence-corrected chi connectivity index (χ2v) is 5.80. The largest absolute Gasteiger partial charge is 0.459 e. The van der Waals surface area contributed by atoms with Crippen LogP contribution < -0.4 is 10.1 Å². The molecule has 1 aliphatic heterocycles. The van der Waals surface area contributed by atoms with Gasteiger partial charge in [0, 0.05) is 38.9 Å². The molecule has 1 aromatic carbocycles. The summed E-state index contributed by atoms with van der Waals surface area (Å²) in [6, 6.07) is 12.6. The summed E-state index contributed by atoms with van der Waals surface area (Å²) in [5.41, 5.74) is 3.06. The first kappa shape index (κ1) is 16.4. The van der Waals surface area contributed by atoms with Crippen LogP contribution in [0.1, 0.15) is 16.8 Å². The van der Waals surface area contributed by atoms with E-state index in [0.29, 0.717) is 18.3 Å². The van der Waals surface area contributed by atoms with Crippen molar-refractivity contribution in [3.05, 3.63) is 53.3 Å². The third-order valence-electron chi connectivity index (χ3n) is 3.96. The zero-order valence-electron chi connectivity index (χ0n) is 13.6. The van der Waals surface area contributed by atoms with E-state index >= 15 is 0 Å². The highest BCUT2D eigenvalue weighted by atomic mass is 16.5. The minimum atomic E-state index is 0.263. The van der Waals surface area contributed by atoms with E-state index in [1.165, 1.54) is 5.56 Å². The Labute approximate surface area is 142 Å². The van der Waals surface area contributed by atoms with Crippen LogP contribution in [0, 0.1) is 11.3 Å². The van der Waals surface area contributed by atoms with Crippen LogP contribution in [0.15, 0.2) is 36.5 Å². The summed E-state index contributed by atoms with van der Waals surface area (Å²) in [5, 5.41) is 12.1. The van der Waals surface area contributed by atoms with E-state index in [-0.39, 0.29) is 6.42 Å². The van der Waals surface area contributed by atoms with Gasteiger partial charge in [0.1, 0.15) is 6.61 Å². The van der Waals surface area contributed by atoms with Crippen molar-refractivity contribution in [3.8, 4) is 12.1 Å². The van der Waals surface area contributed by atoms with Crippen molar-refractivity contribution < 1.29 is 4.74 Å². The first-order valence-corrected chi connectivity index (χ1v) is 8.16. The SMILES string of the molecule is N#CCc1ccnc(OCc2ccc(CN3CCNCC3)cc2)n1. The third kappa shape index (κ3) is 4.75. The number of hydrogen-bond donors (Lipinski definition) is 1. The second kappa shape index (κ2) is 8.39. The summed E-state index contributed by atoms with van der Waals surface area (Å²) in [6.07, 6.45) is 1.88. The van der Waals surface area contributed by atoms with Crippen molar-refractivity contribution in [1.82, 2.24) is 20.2 Å². The highest BCUT2D eigenvalue weighted by molar-refractivity contribution is 5.22. The van der Waals surface area contributed by atoms with E-state index in [9.17, 15) is 0 Å². The number of ether oxygens (including phenoxy) is 1. The van der Waals surface area contributed by atoms with E-state index in [2.05, 4.69) is 50.5 Å². The topological polar surface area (TPSA) is 74.1 Å². The van der Waals surface area contributed by atoms with Gasteiger partial charge in [-0.3, -0.25) is 4.90 Å². The Morgan fingerprint density at radius 1 is 1.12 bits per heavy atom. The van der Waals surface area contributed by atoms with E-state index in [1.54, 1.807) is 12.3 Å². The van der Waals surface area contributed by atoms with E-state index in [4.69, 9.17) is 10.00 Å². The maximum absolute atomic E-state index is 8.70. The van der Waals surface area contributed by atoms with Gasteiger partial charge in [0.2, 0.25) is 0 Å². The molecule has 0 atom stereocenters. The molecule has 1 aliphatic rings. The molecular formula is C18H21N5O. The summed E-state index contributed by atoms with van der Waals surface area (Å²) in [5.74, 6) is 0. The van der Waals surface area contributed by atoms with Crippen LogP contribution in [0.4, 0.5) is 0 Å². The Morgan fingerprint density at radius 3 is 2.62 bits per heavy atom. The minimum absolute atomic E-state index is 0.263. The van der Waals surface area contributed by atoms with Crippen LogP contribution in [0.3, 0.4) is 0 Å². The number of piperazine rings is 1. The fourth-order valence-corrected chi connectivity index (χ4v) is 2.64. The molecule has 2 heterocycles. The Kier molecular flexibility index (Phi) is 5.72. The van der Waals surface area contributed by atoms with Crippen LogP contribution in [0.5, 0.6) is 6.01 Å². The Balaban J connectivity index is 1.52. The van der Waals surface area contributed by atoms with Crippen LogP contribution >= 0.6 is 0 Å². The number of nitrogens with one attached hydrogen (secondary N) is 1. The maximum atomic E-state index is 8.70. The van der Waals surface area contributed by atoms with Crippen LogP contribution in [-0.2, 0) is 19.6 Å². The molecule has 1 aromatic heterocycles. The van der Waals surface area contributed by atoms with Crippen molar-refractivity contribution >= 4 is 0 Å². The van der Waals surface area contributed by atoms with Gasteiger partial charge >= 0.3 is 6.01 Å². The molecule has 6 nitrogen and oxygen atoms in total. The lowest BCUT2D eigenvalue weighted by Gasteiger charge is -2.27. The Bertz CT molecular complexity index is 689. The number of nitriles is 1. The van der Waals surface area contributed by atoms with Gasteiger partial charge < -0.3 is 10.1 Å². The zero-order valence-corrected chi connectivity index (χ0v) is 13.6. The molecule has 1 fully saturated rings. The van der Waals surface area contributed by atoms with Gasteiger partial charge in [0.15, 0.2) is 0 Å². The van der Waals surface area contributed by atoms with Gasteiger partial charge in [-0.1, -0.05) is 24.3 Å². The van der Waals surface area contributed by atoms with Crippen LogP contribution in [0.25, 0.3) is 0 Å². The van der Waals surface area contributed by atoms with Crippen molar-refractivity contribution in [2.75, 3.05) is 26.2 Å². The van der Waals surface area contributed by atoms with Crippen molar-refractivity contribution in [3.63, 3.8) is 0 Å². The number of aromatic nitrogens is 2. The smallest absolute Gasteiger partial charge is 0.316 e. The molecule has 2 aromatic rings. The van der Waals surface area contributed by atoms with Gasteiger partial charge in [0.05, 0.1) is 18.2 Å². The van der Waals surface area contributed by atoms with Crippen LogP contribution in [-0.4, -0.2) is 41.0 Å². The number of nitrogens with zero attached hydrogens (tertiary/aromatic N) is 4. The molecule has 124 valence electrons. The average molecular weight is 323 g/mol. The van der Waals surface area contributed by atoms with Crippen molar-refractivity contribution in [2.45, 2.75) is 19.6 Å². The molecule has 0 spiro atoms. The van der Waals surface area contributed by atoms with E-state index in [1.807, 2.05) is 0 Å². The number of benzene rings is 1. The molecule has 1 saturated heterocycles. The fraction of sp³-hybridized carbons (Fsp3) is 0.389. The second-order valence-electron chi connectivity index (χ2n) is 5.80. The Hall–Kier alpha value is -2.49. The lowest BCUT2D eigenvalue weighted by molar-refractivity contribution is 0.233. The molecule has 24 heavy (non-hydrogen) atoms. The zero-order chi connectivity index (χ0) is 16.6. The van der Waals surface area contributed by atoms with Crippen molar-refractivity contribution in [2.24, 2.45) is 0 Å². The van der Waals surface area contributed by atoms with E-state index in [0.717, 1.165) is 38.3 Å². The predicted molar refractivity (Wildman–Crippen MR) is 90.3 cm³/mol. The van der Waals surface area contributed by atoms with Crippen molar-refractivity contribution in [1.29, 1.82) is 5.26 Å². The summed E-state index contributed by atoms with van der Waals surface area (Å²) >= 11 is 0. The quantitative estimate of drug-likeness (QED) is 0.869. The lowest BCUT2D eigenvalue weighted by Crippen LogP contribution is -2.42. The molecule has 0 unspecified atom stereocenters. The summed E-state index contributed by atoms with van der Waals surface area (Å²) in [6.45, 7) is 5.74. The fourth-order valence-electron chi connectivity index (χ4n) is 2.64. The van der Waals surface area contributed by atoms with Gasteiger partial charge in [-0.25, -0.2) is 4.98 Å². The lowest BCUT2D eigenvalue weighted by atomic mass is 10.1. The van der Waals surface area contributed by atoms with Gasteiger partial charge in [0.25, 0.3) is 0 Å². The summed E-state index contributed by atoms with van der Waals surface area (Å²) in [4.78, 5) is 10.7. The standard InChI is InChI=1S/C18H21N5O/c19-7-5-17-6-8-21-18(22-17)24-14-16-3-1-15(2-4-16)13-23-11-9-20-10-12-23/h1-4,6,8,20H,5,9-14H2. The molecule has 1 N–H and O–H groups in total. The first-order chi connectivity index (χ1) is 11.8. The Morgan fingerprint density at radius 2 is 1.88 bits per heavy atom. The maximum Gasteiger partial charge on any atom is 0.316 e.